The van der Waals surface area contributed by atoms with Crippen molar-refractivity contribution in [1.82, 2.24) is 15.1 Å². The molecule has 0 spiro atoms. The number of carbonyl (C=O) groups is 1. The fraction of sp³-hybridized carbons (Fsp3) is 0.467. The quantitative estimate of drug-likeness (QED) is 0.931. The molecule has 1 amide bonds. The molecule has 5 heteroatoms. The van der Waals surface area contributed by atoms with Gasteiger partial charge in [-0.1, -0.05) is 19.3 Å². The van der Waals surface area contributed by atoms with Gasteiger partial charge in [-0.3, -0.25) is 9.48 Å². The van der Waals surface area contributed by atoms with Crippen LogP contribution in [0, 0.1) is 0 Å². The summed E-state index contributed by atoms with van der Waals surface area (Å²) in [6, 6.07) is 5.73. The highest BCUT2D eigenvalue weighted by molar-refractivity contribution is 5.91. The molecule has 1 saturated carbocycles. The number of amides is 1. The summed E-state index contributed by atoms with van der Waals surface area (Å²) in [5, 5.41) is 7.17. The van der Waals surface area contributed by atoms with Crippen LogP contribution in [0.15, 0.2) is 35.0 Å². The highest BCUT2D eigenvalue weighted by Crippen LogP contribution is 2.18. The normalized spacial score (nSPS) is 16.2. The molecule has 106 valence electrons. The Morgan fingerprint density at radius 2 is 2.20 bits per heavy atom. The van der Waals surface area contributed by atoms with E-state index in [0.717, 1.165) is 18.6 Å². The van der Waals surface area contributed by atoms with E-state index in [-0.39, 0.29) is 5.91 Å². The first-order valence-corrected chi connectivity index (χ1v) is 7.18. The number of hydrogen-bond acceptors (Lipinski definition) is 3. The SMILES string of the molecule is O=C(NC1CCCCC1)c1ccc(Cn2cccn2)o1. The van der Waals surface area contributed by atoms with Gasteiger partial charge in [0.05, 0.1) is 6.54 Å². The van der Waals surface area contributed by atoms with Crippen LogP contribution in [0.1, 0.15) is 48.4 Å². The summed E-state index contributed by atoms with van der Waals surface area (Å²) >= 11 is 0. The van der Waals surface area contributed by atoms with Gasteiger partial charge in [-0.2, -0.15) is 5.10 Å². The van der Waals surface area contributed by atoms with Crippen LogP contribution in [0.2, 0.25) is 0 Å². The molecule has 1 aliphatic carbocycles. The van der Waals surface area contributed by atoms with Gasteiger partial charge in [0, 0.05) is 18.4 Å². The number of rotatable bonds is 4. The molecule has 0 unspecified atom stereocenters. The molecule has 2 heterocycles. The van der Waals surface area contributed by atoms with Crippen LogP contribution in [0.5, 0.6) is 0 Å². The summed E-state index contributed by atoms with van der Waals surface area (Å²) in [5.74, 6) is 1.02. The highest BCUT2D eigenvalue weighted by Gasteiger charge is 2.18. The van der Waals surface area contributed by atoms with Crippen molar-refractivity contribution < 1.29 is 9.21 Å². The summed E-state index contributed by atoms with van der Waals surface area (Å²) < 4.78 is 7.35. The summed E-state index contributed by atoms with van der Waals surface area (Å²) in [6.07, 6.45) is 9.42. The second-order valence-electron chi connectivity index (χ2n) is 5.28. The fourth-order valence-corrected chi connectivity index (χ4v) is 2.64. The number of nitrogens with zero attached hydrogens (tertiary/aromatic N) is 2. The molecule has 1 aliphatic rings. The Morgan fingerprint density at radius 1 is 1.35 bits per heavy atom. The van der Waals surface area contributed by atoms with Crippen molar-refractivity contribution in [2.75, 3.05) is 0 Å². The lowest BCUT2D eigenvalue weighted by molar-refractivity contribution is 0.0897. The first kappa shape index (κ1) is 13.0. The van der Waals surface area contributed by atoms with Crippen molar-refractivity contribution in [3.8, 4) is 0 Å². The van der Waals surface area contributed by atoms with Gasteiger partial charge in [-0.05, 0) is 31.0 Å². The van der Waals surface area contributed by atoms with E-state index in [1.807, 2.05) is 18.3 Å². The number of aromatic nitrogens is 2. The third kappa shape index (κ3) is 3.10. The molecule has 0 radical (unpaired) electrons. The molecule has 5 nitrogen and oxygen atoms in total. The third-order valence-corrected chi connectivity index (χ3v) is 3.70. The Balaban J connectivity index is 1.59. The summed E-state index contributed by atoms with van der Waals surface area (Å²) in [7, 11) is 0. The molecule has 0 saturated heterocycles. The first-order chi connectivity index (χ1) is 9.81. The Labute approximate surface area is 118 Å². The lowest BCUT2D eigenvalue weighted by Gasteiger charge is -2.22. The minimum atomic E-state index is -0.108. The monoisotopic (exact) mass is 273 g/mol. The molecule has 0 bridgehead atoms. The van der Waals surface area contributed by atoms with Crippen LogP contribution < -0.4 is 5.32 Å². The predicted molar refractivity (Wildman–Crippen MR) is 74.4 cm³/mol. The Kier molecular flexibility index (Phi) is 3.85. The molecule has 0 atom stereocenters. The molecule has 2 aromatic heterocycles. The molecule has 0 aromatic carbocycles. The summed E-state index contributed by atoms with van der Waals surface area (Å²) in [6.45, 7) is 0.545. The average molecular weight is 273 g/mol. The van der Waals surface area contributed by atoms with E-state index in [1.54, 1.807) is 16.9 Å². The van der Waals surface area contributed by atoms with Crippen LogP contribution in [-0.2, 0) is 6.54 Å². The molecule has 3 rings (SSSR count). The topological polar surface area (TPSA) is 60.1 Å². The van der Waals surface area contributed by atoms with Crippen molar-refractivity contribution in [1.29, 1.82) is 0 Å². The standard InChI is InChI=1S/C15H19N3O2/c19-15(17-12-5-2-1-3-6-12)14-8-7-13(20-14)11-18-10-4-9-16-18/h4,7-10,12H,1-3,5-6,11H2,(H,17,19). The van der Waals surface area contributed by atoms with E-state index in [2.05, 4.69) is 10.4 Å². The fourth-order valence-electron chi connectivity index (χ4n) is 2.64. The second-order valence-corrected chi connectivity index (χ2v) is 5.28. The van der Waals surface area contributed by atoms with E-state index < -0.39 is 0 Å². The van der Waals surface area contributed by atoms with Crippen LogP contribution in [0.3, 0.4) is 0 Å². The average Bonchev–Trinajstić information content (AvgIpc) is 3.12. The number of carbonyl (C=O) groups excluding carboxylic acids is 1. The van der Waals surface area contributed by atoms with E-state index in [4.69, 9.17) is 4.42 Å². The lowest BCUT2D eigenvalue weighted by atomic mass is 9.95. The molecule has 1 N–H and O–H groups in total. The Hall–Kier alpha value is -2.04. The zero-order valence-electron chi connectivity index (χ0n) is 11.4. The van der Waals surface area contributed by atoms with E-state index in [1.165, 1.54) is 19.3 Å². The second kappa shape index (κ2) is 5.94. The summed E-state index contributed by atoms with van der Waals surface area (Å²) in [5.41, 5.74) is 0. The largest absolute Gasteiger partial charge is 0.454 e. The van der Waals surface area contributed by atoms with Crippen molar-refractivity contribution in [2.24, 2.45) is 0 Å². The third-order valence-electron chi connectivity index (χ3n) is 3.70. The molecule has 2 aromatic rings. The van der Waals surface area contributed by atoms with E-state index >= 15 is 0 Å². The van der Waals surface area contributed by atoms with Gasteiger partial charge in [0.1, 0.15) is 5.76 Å². The minimum absolute atomic E-state index is 0.108. The van der Waals surface area contributed by atoms with E-state index in [9.17, 15) is 4.79 Å². The highest BCUT2D eigenvalue weighted by atomic mass is 16.4. The molecule has 20 heavy (non-hydrogen) atoms. The van der Waals surface area contributed by atoms with Crippen molar-refractivity contribution >= 4 is 5.91 Å². The van der Waals surface area contributed by atoms with Gasteiger partial charge in [0.15, 0.2) is 5.76 Å². The maximum Gasteiger partial charge on any atom is 0.287 e. The molecular formula is C15H19N3O2. The van der Waals surface area contributed by atoms with E-state index in [0.29, 0.717) is 18.3 Å². The number of hydrogen-bond donors (Lipinski definition) is 1. The predicted octanol–water partition coefficient (Wildman–Crippen LogP) is 2.59. The van der Waals surface area contributed by atoms with Crippen molar-refractivity contribution in [3.63, 3.8) is 0 Å². The van der Waals surface area contributed by atoms with Crippen molar-refractivity contribution in [2.45, 2.75) is 44.7 Å². The molecular weight excluding hydrogens is 254 g/mol. The maximum atomic E-state index is 12.1. The molecule has 0 aliphatic heterocycles. The number of furan rings is 1. The van der Waals surface area contributed by atoms with Gasteiger partial charge in [-0.15, -0.1) is 0 Å². The number of nitrogens with one attached hydrogen (secondary N) is 1. The van der Waals surface area contributed by atoms with Gasteiger partial charge < -0.3 is 9.73 Å². The Bertz CT molecular complexity index is 553. The van der Waals surface area contributed by atoms with Crippen LogP contribution in [-0.4, -0.2) is 21.7 Å². The van der Waals surface area contributed by atoms with Gasteiger partial charge in [-0.25, -0.2) is 0 Å². The smallest absolute Gasteiger partial charge is 0.287 e. The lowest BCUT2D eigenvalue weighted by Crippen LogP contribution is -2.35. The van der Waals surface area contributed by atoms with Crippen LogP contribution in [0.25, 0.3) is 0 Å². The van der Waals surface area contributed by atoms with Crippen LogP contribution in [0.4, 0.5) is 0 Å². The van der Waals surface area contributed by atoms with Gasteiger partial charge in [0.25, 0.3) is 5.91 Å². The van der Waals surface area contributed by atoms with Crippen LogP contribution >= 0.6 is 0 Å². The van der Waals surface area contributed by atoms with Crippen molar-refractivity contribution in [3.05, 3.63) is 42.1 Å². The first-order valence-electron chi connectivity index (χ1n) is 7.18. The molecule has 1 fully saturated rings. The van der Waals surface area contributed by atoms with Gasteiger partial charge in [0.2, 0.25) is 0 Å². The Morgan fingerprint density at radius 3 is 2.95 bits per heavy atom. The maximum absolute atomic E-state index is 12.1. The summed E-state index contributed by atoms with van der Waals surface area (Å²) in [4.78, 5) is 12.1. The zero-order chi connectivity index (χ0) is 13.8. The zero-order valence-corrected chi connectivity index (χ0v) is 11.4. The minimum Gasteiger partial charge on any atom is -0.454 e. The van der Waals surface area contributed by atoms with Gasteiger partial charge >= 0.3 is 0 Å².